The van der Waals surface area contributed by atoms with Crippen molar-refractivity contribution in [3.63, 3.8) is 0 Å². The van der Waals surface area contributed by atoms with Crippen molar-refractivity contribution in [3.05, 3.63) is 234 Å². The smallest absolute Gasteiger partial charge is 0.161 e. The van der Waals surface area contributed by atoms with Crippen LogP contribution in [0.2, 0.25) is 0 Å². The van der Waals surface area contributed by atoms with E-state index in [0.29, 0.717) is 5.82 Å². The second-order valence-electron chi connectivity index (χ2n) is 17.1. The molecular formula is C61H43N3. The van der Waals surface area contributed by atoms with Gasteiger partial charge in [0, 0.05) is 22.9 Å². The van der Waals surface area contributed by atoms with Gasteiger partial charge in [0.25, 0.3) is 0 Å². The Morgan fingerprint density at radius 1 is 0.422 bits per heavy atom. The number of benzene rings is 9. The van der Waals surface area contributed by atoms with Crippen molar-refractivity contribution in [3.8, 4) is 44.9 Å². The number of aliphatic imine (C=N–C) groups is 1. The number of hydrogen-bond donors (Lipinski definition) is 0. The molecule has 1 aliphatic heterocycles. The Morgan fingerprint density at radius 3 is 2.00 bits per heavy atom. The third kappa shape index (κ3) is 6.74. The first-order chi connectivity index (χ1) is 31.6. The Labute approximate surface area is 373 Å². The van der Waals surface area contributed by atoms with Gasteiger partial charge in [-0.15, -0.1) is 0 Å². The molecule has 0 fully saturated rings. The zero-order valence-electron chi connectivity index (χ0n) is 35.6. The van der Waals surface area contributed by atoms with E-state index in [1.165, 1.54) is 66.1 Å². The van der Waals surface area contributed by atoms with Crippen LogP contribution in [0.3, 0.4) is 0 Å². The largest absolute Gasteiger partial charge is 0.252 e. The topological polar surface area (TPSA) is 38.1 Å². The van der Waals surface area contributed by atoms with E-state index >= 15 is 0 Å². The first kappa shape index (κ1) is 37.7. The molecule has 3 nitrogen and oxygen atoms in total. The lowest BCUT2D eigenvalue weighted by Gasteiger charge is -2.21. The second kappa shape index (κ2) is 15.7. The van der Waals surface area contributed by atoms with Gasteiger partial charge in [0.05, 0.1) is 22.8 Å². The number of allylic oxidation sites excluding steroid dienone is 4. The summed E-state index contributed by atoms with van der Waals surface area (Å²) in [5.41, 5.74) is 18.2. The summed E-state index contributed by atoms with van der Waals surface area (Å²) in [5, 5.41) is 7.19. The fraction of sp³-hybridized carbons (Fsp3) is 0.0656. The molecule has 12 rings (SSSR count). The highest BCUT2D eigenvalue weighted by atomic mass is 14.9. The van der Waals surface area contributed by atoms with E-state index < -0.39 is 0 Å². The van der Waals surface area contributed by atoms with Crippen molar-refractivity contribution in [1.29, 1.82) is 0 Å². The molecule has 0 saturated carbocycles. The average molecular weight is 818 g/mol. The van der Waals surface area contributed by atoms with E-state index in [1.807, 2.05) is 0 Å². The molecule has 1 aromatic heterocycles. The molecule has 0 radical (unpaired) electrons. The number of aromatic nitrogens is 2. The molecule has 2 heterocycles. The van der Waals surface area contributed by atoms with Crippen LogP contribution in [0.25, 0.3) is 88.4 Å². The summed E-state index contributed by atoms with van der Waals surface area (Å²) in [5.74, 6) is 0.715. The van der Waals surface area contributed by atoms with E-state index in [1.54, 1.807) is 0 Å². The summed E-state index contributed by atoms with van der Waals surface area (Å²) >= 11 is 0. The van der Waals surface area contributed by atoms with Gasteiger partial charge in [-0.25, -0.2) is 9.97 Å². The van der Waals surface area contributed by atoms with Gasteiger partial charge in [0.15, 0.2) is 5.82 Å². The van der Waals surface area contributed by atoms with Gasteiger partial charge in [-0.2, -0.15) is 0 Å². The van der Waals surface area contributed by atoms with Gasteiger partial charge in [0.1, 0.15) is 0 Å². The van der Waals surface area contributed by atoms with Crippen molar-refractivity contribution in [2.45, 2.75) is 26.2 Å². The minimum absolute atomic E-state index is 0.715. The lowest BCUT2D eigenvalue weighted by atomic mass is 9.84. The second-order valence-corrected chi connectivity index (χ2v) is 17.1. The SMILES string of the molecule is Cc1ccccc1-c1ccc2c(c(-c3nc(C4=CC=C(c5ccc6ccccc6c5)CC4)cc(-c4ccccc4)n3)cc3ccccc32)c1-c1cccc(C2=Nc3ccccc3C2)c1. The lowest BCUT2D eigenvalue weighted by molar-refractivity contribution is 1.04. The van der Waals surface area contributed by atoms with Gasteiger partial charge < -0.3 is 0 Å². The zero-order valence-corrected chi connectivity index (χ0v) is 35.6. The quantitative estimate of drug-likeness (QED) is 0.150. The number of para-hydroxylation sites is 1. The minimum Gasteiger partial charge on any atom is -0.252 e. The third-order valence-electron chi connectivity index (χ3n) is 13.2. The summed E-state index contributed by atoms with van der Waals surface area (Å²) in [7, 11) is 0. The van der Waals surface area contributed by atoms with E-state index in [4.69, 9.17) is 15.0 Å². The monoisotopic (exact) mass is 817 g/mol. The third-order valence-corrected chi connectivity index (χ3v) is 13.2. The fourth-order valence-electron chi connectivity index (χ4n) is 9.90. The number of fused-ring (bicyclic) bond motifs is 5. The van der Waals surface area contributed by atoms with Gasteiger partial charge in [0.2, 0.25) is 0 Å². The van der Waals surface area contributed by atoms with Crippen molar-refractivity contribution in [1.82, 2.24) is 9.97 Å². The summed E-state index contributed by atoms with van der Waals surface area (Å²) in [4.78, 5) is 16.2. The van der Waals surface area contributed by atoms with Crippen LogP contribution in [-0.4, -0.2) is 15.7 Å². The van der Waals surface area contributed by atoms with E-state index in [0.717, 1.165) is 75.1 Å². The summed E-state index contributed by atoms with van der Waals surface area (Å²) in [6.07, 6.45) is 7.20. The van der Waals surface area contributed by atoms with Gasteiger partial charge in [-0.3, -0.25) is 4.99 Å². The predicted octanol–water partition coefficient (Wildman–Crippen LogP) is 15.9. The Kier molecular flexibility index (Phi) is 9.26. The van der Waals surface area contributed by atoms with Crippen LogP contribution in [0.15, 0.2) is 211 Å². The number of aryl methyl sites for hydroxylation is 1. The van der Waals surface area contributed by atoms with Crippen LogP contribution >= 0.6 is 0 Å². The standard InChI is InChI=1S/C61H43N3/c1-39-14-5-10-23-50(39)52-32-33-53-51-24-11-8-19-46(51)36-54(60(53)59(52)49-22-13-21-47(35-49)56-37-48-20-9-12-25-55(48)62-56)61-63-57(42-16-3-2-4-17-42)38-58(64-61)43-29-26-41(27-30-43)45-31-28-40-15-6-7-18-44(40)34-45/h2-26,28-29,31-36,38H,27,30,37H2,1H3. The van der Waals surface area contributed by atoms with Crippen LogP contribution in [-0.2, 0) is 6.42 Å². The molecule has 0 bridgehead atoms. The molecular weight excluding hydrogens is 775 g/mol. The molecule has 1 aliphatic carbocycles. The molecule has 3 heteroatoms. The van der Waals surface area contributed by atoms with Crippen molar-refractivity contribution >= 4 is 54.9 Å². The number of nitrogens with zero attached hydrogens (tertiary/aromatic N) is 3. The van der Waals surface area contributed by atoms with Crippen LogP contribution in [0.4, 0.5) is 5.69 Å². The van der Waals surface area contributed by atoms with E-state index in [2.05, 4.69) is 213 Å². The number of hydrogen-bond acceptors (Lipinski definition) is 3. The normalized spacial score (nSPS) is 13.5. The molecule has 0 spiro atoms. The van der Waals surface area contributed by atoms with Crippen molar-refractivity contribution in [2.24, 2.45) is 4.99 Å². The Balaban J connectivity index is 1.10. The first-order valence-electron chi connectivity index (χ1n) is 22.3. The predicted molar refractivity (Wildman–Crippen MR) is 269 cm³/mol. The molecule has 0 amide bonds. The fourth-order valence-corrected chi connectivity index (χ4v) is 9.90. The minimum atomic E-state index is 0.715. The van der Waals surface area contributed by atoms with Gasteiger partial charge >= 0.3 is 0 Å². The van der Waals surface area contributed by atoms with Crippen LogP contribution < -0.4 is 0 Å². The van der Waals surface area contributed by atoms with Gasteiger partial charge in [-0.05, 0) is 133 Å². The molecule has 0 N–H and O–H groups in total. The lowest BCUT2D eigenvalue weighted by Crippen LogP contribution is -2.03. The van der Waals surface area contributed by atoms with E-state index in [-0.39, 0.29) is 0 Å². The Hall–Kier alpha value is -8.01. The average Bonchev–Trinajstić information content (AvgIpc) is 3.81. The molecule has 0 atom stereocenters. The molecule has 0 saturated heterocycles. The summed E-state index contributed by atoms with van der Waals surface area (Å²) < 4.78 is 0. The molecule has 64 heavy (non-hydrogen) atoms. The van der Waals surface area contributed by atoms with Gasteiger partial charge in [-0.1, -0.05) is 176 Å². The highest BCUT2D eigenvalue weighted by Gasteiger charge is 2.24. The highest BCUT2D eigenvalue weighted by Crippen LogP contribution is 2.46. The molecule has 10 aromatic rings. The van der Waals surface area contributed by atoms with Crippen LogP contribution in [0.5, 0.6) is 0 Å². The molecule has 2 aliphatic rings. The Bertz CT molecular complexity index is 3590. The van der Waals surface area contributed by atoms with Crippen molar-refractivity contribution < 1.29 is 0 Å². The van der Waals surface area contributed by atoms with Crippen LogP contribution in [0, 0.1) is 6.92 Å². The molecule has 302 valence electrons. The van der Waals surface area contributed by atoms with Crippen LogP contribution in [0.1, 0.15) is 40.8 Å². The summed E-state index contributed by atoms with van der Waals surface area (Å²) in [6.45, 7) is 2.21. The molecule has 9 aromatic carbocycles. The van der Waals surface area contributed by atoms with Crippen molar-refractivity contribution in [2.75, 3.05) is 0 Å². The number of rotatable bonds is 7. The molecule has 0 unspecified atom stereocenters. The Morgan fingerprint density at radius 2 is 1.14 bits per heavy atom. The maximum atomic E-state index is 5.58. The first-order valence-corrected chi connectivity index (χ1v) is 22.3. The van der Waals surface area contributed by atoms with E-state index in [9.17, 15) is 0 Å². The maximum Gasteiger partial charge on any atom is 0.161 e. The zero-order chi connectivity index (χ0) is 42.6. The summed E-state index contributed by atoms with van der Waals surface area (Å²) in [6, 6.07) is 70.1. The maximum absolute atomic E-state index is 5.58. The highest BCUT2D eigenvalue weighted by molar-refractivity contribution is 6.21.